The van der Waals surface area contributed by atoms with Gasteiger partial charge < -0.3 is 0 Å². The molecule has 0 fully saturated rings. The highest BCUT2D eigenvalue weighted by molar-refractivity contribution is 5.78. The molecule has 1 aliphatic heterocycles. The fraction of sp³-hybridized carbons (Fsp3) is 0.286. The summed E-state index contributed by atoms with van der Waals surface area (Å²) >= 11 is 0. The normalized spacial score (nSPS) is 13.0. The molecule has 3 aromatic rings. The van der Waals surface area contributed by atoms with Gasteiger partial charge in [0.2, 0.25) is 11.2 Å². The van der Waals surface area contributed by atoms with E-state index < -0.39 is 0 Å². The number of rotatable bonds is 3. The number of hydrogen-bond acceptors (Lipinski definition) is 0. The monoisotopic (exact) mass is 288 g/mol. The van der Waals surface area contributed by atoms with Gasteiger partial charge >= 0.3 is 0 Å². The van der Waals surface area contributed by atoms with Crippen LogP contribution >= 0.6 is 0 Å². The third kappa shape index (κ3) is 2.12. The highest BCUT2D eigenvalue weighted by Crippen LogP contribution is 2.31. The van der Waals surface area contributed by atoms with Gasteiger partial charge in [-0.1, -0.05) is 43.7 Å². The second kappa shape index (κ2) is 5.57. The summed E-state index contributed by atoms with van der Waals surface area (Å²) < 4.78 is 2.51. The maximum absolute atomic E-state index is 2.51. The van der Waals surface area contributed by atoms with Crippen LogP contribution in [0.15, 0.2) is 54.6 Å². The van der Waals surface area contributed by atoms with E-state index in [2.05, 4.69) is 66.1 Å². The van der Waals surface area contributed by atoms with Crippen LogP contribution in [0.5, 0.6) is 0 Å². The van der Waals surface area contributed by atoms with Crippen molar-refractivity contribution in [3.63, 3.8) is 0 Å². The molecule has 110 valence electrons. The quantitative estimate of drug-likeness (QED) is 0.615. The molecule has 1 heteroatoms. The van der Waals surface area contributed by atoms with Gasteiger partial charge in [0.25, 0.3) is 0 Å². The molecule has 0 N–H and O–H groups in total. The Balaban J connectivity index is 1.94. The lowest BCUT2D eigenvalue weighted by molar-refractivity contribution is -0.661. The van der Waals surface area contributed by atoms with Crippen LogP contribution in [-0.4, -0.2) is 0 Å². The molecular weight excluding hydrogens is 266 g/mol. The fourth-order valence-corrected chi connectivity index (χ4v) is 3.72. The molecule has 22 heavy (non-hydrogen) atoms. The third-order valence-electron chi connectivity index (χ3n) is 4.84. The van der Waals surface area contributed by atoms with Crippen molar-refractivity contribution in [1.29, 1.82) is 0 Å². The summed E-state index contributed by atoms with van der Waals surface area (Å²) in [7, 11) is 0. The molecule has 1 nitrogen and oxygen atoms in total. The second-order valence-corrected chi connectivity index (χ2v) is 6.23. The molecule has 0 atom stereocenters. The smallest absolute Gasteiger partial charge is 0.191 e. The van der Waals surface area contributed by atoms with Crippen LogP contribution < -0.4 is 4.57 Å². The minimum absolute atomic E-state index is 1.08. The highest BCUT2D eigenvalue weighted by Gasteiger charge is 2.26. The summed E-state index contributed by atoms with van der Waals surface area (Å²) in [4.78, 5) is 0. The lowest BCUT2D eigenvalue weighted by Gasteiger charge is -2.19. The standard InChI is InChI=1S/C21H22N/c1-2-3-7-17-9-6-10-18-14-15-22-19-11-5-4-8-16(19)12-13-20(22)21(17)18/h4-6,8-13H,2-3,7,14-15H2,1H3/q+1. The van der Waals surface area contributed by atoms with Crippen molar-refractivity contribution in [3.05, 3.63) is 65.7 Å². The molecule has 0 saturated heterocycles. The van der Waals surface area contributed by atoms with Crippen molar-refractivity contribution < 1.29 is 4.57 Å². The van der Waals surface area contributed by atoms with Gasteiger partial charge in [-0.05, 0) is 36.1 Å². The molecule has 0 bridgehead atoms. The first-order valence-electron chi connectivity index (χ1n) is 8.41. The second-order valence-electron chi connectivity index (χ2n) is 6.23. The first-order chi connectivity index (χ1) is 10.9. The Morgan fingerprint density at radius 1 is 0.955 bits per heavy atom. The number of para-hydroxylation sites is 1. The van der Waals surface area contributed by atoms with E-state index in [4.69, 9.17) is 0 Å². The van der Waals surface area contributed by atoms with E-state index in [0.29, 0.717) is 0 Å². The summed E-state index contributed by atoms with van der Waals surface area (Å²) in [6.45, 7) is 3.35. The Morgan fingerprint density at radius 3 is 2.77 bits per heavy atom. The predicted molar refractivity (Wildman–Crippen MR) is 91.9 cm³/mol. The first kappa shape index (κ1) is 13.5. The van der Waals surface area contributed by atoms with Gasteiger partial charge in [0, 0.05) is 23.9 Å². The van der Waals surface area contributed by atoms with E-state index in [1.165, 1.54) is 52.5 Å². The van der Waals surface area contributed by atoms with Gasteiger partial charge in [-0.15, -0.1) is 0 Å². The molecule has 1 aromatic heterocycles. The van der Waals surface area contributed by atoms with Crippen molar-refractivity contribution in [2.75, 3.05) is 0 Å². The zero-order chi connectivity index (χ0) is 14.9. The van der Waals surface area contributed by atoms with E-state index in [1.54, 1.807) is 0 Å². The summed E-state index contributed by atoms with van der Waals surface area (Å²) in [5.41, 5.74) is 7.28. The highest BCUT2D eigenvalue weighted by atomic mass is 15.0. The number of hydrogen-bond donors (Lipinski definition) is 0. The number of unbranched alkanes of at least 4 members (excludes halogenated alkanes) is 1. The average Bonchev–Trinajstić information content (AvgIpc) is 2.59. The van der Waals surface area contributed by atoms with E-state index in [1.807, 2.05) is 0 Å². The number of benzene rings is 2. The lowest BCUT2D eigenvalue weighted by atomic mass is 9.90. The molecular formula is C21H22N+. The van der Waals surface area contributed by atoms with Crippen LogP contribution in [0, 0.1) is 0 Å². The first-order valence-corrected chi connectivity index (χ1v) is 8.41. The van der Waals surface area contributed by atoms with Gasteiger partial charge in [0.05, 0.1) is 5.56 Å². The molecule has 0 aliphatic carbocycles. The number of fused-ring (bicyclic) bond motifs is 5. The van der Waals surface area contributed by atoms with Crippen molar-refractivity contribution in [2.45, 2.75) is 39.2 Å². The Morgan fingerprint density at radius 2 is 1.86 bits per heavy atom. The zero-order valence-corrected chi connectivity index (χ0v) is 13.2. The van der Waals surface area contributed by atoms with E-state index in [9.17, 15) is 0 Å². The zero-order valence-electron chi connectivity index (χ0n) is 13.2. The average molecular weight is 288 g/mol. The summed E-state index contributed by atoms with van der Waals surface area (Å²) in [6, 6.07) is 20.2. The molecule has 0 unspecified atom stereocenters. The Kier molecular flexibility index (Phi) is 3.42. The van der Waals surface area contributed by atoms with Gasteiger partial charge in [-0.3, -0.25) is 0 Å². The maximum Gasteiger partial charge on any atom is 0.213 e. The number of aryl methyl sites for hydroxylation is 3. The topological polar surface area (TPSA) is 3.88 Å². The van der Waals surface area contributed by atoms with E-state index in [0.717, 1.165) is 13.0 Å². The molecule has 0 saturated carbocycles. The number of pyridine rings is 1. The predicted octanol–water partition coefficient (Wildman–Crippen LogP) is 4.69. The number of aromatic nitrogens is 1. The largest absolute Gasteiger partial charge is 0.213 e. The summed E-state index contributed by atoms with van der Waals surface area (Å²) in [6.07, 6.45) is 4.85. The molecule has 0 spiro atoms. The summed E-state index contributed by atoms with van der Waals surface area (Å²) in [5, 5.41) is 1.33. The van der Waals surface area contributed by atoms with E-state index in [-0.39, 0.29) is 0 Å². The maximum atomic E-state index is 2.51. The van der Waals surface area contributed by atoms with Crippen LogP contribution in [0.3, 0.4) is 0 Å². The third-order valence-corrected chi connectivity index (χ3v) is 4.84. The van der Waals surface area contributed by atoms with Crippen LogP contribution in [0.2, 0.25) is 0 Å². The van der Waals surface area contributed by atoms with Gasteiger partial charge in [0.15, 0.2) is 6.54 Å². The Hall–Kier alpha value is -2.15. The molecule has 0 radical (unpaired) electrons. The molecule has 0 amide bonds. The van der Waals surface area contributed by atoms with Gasteiger partial charge in [-0.2, -0.15) is 4.57 Å². The van der Waals surface area contributed by atoms with Gasteiger partial charge in [-0.25, -0.2) is 0 Å². The van der Waals surface area contributed by atoms with Crippen molar-refractivity contribution >= 4 is 10.9 Å². The Bertz CT molecular complexity index is 832. The van der Waals surface area contributed by atoms with Gasteiger partial charge in [0.1, 0.15) is 0 Å². The van der Waals surface area contributed by atoms with Crippen LogP contribution in [0.1, 0.15) is 30.9 Å². The SMILES string of the molecule is CCCCc1cccc2c1-c1ccc3ccccc3[n+]1CC2. The van der Waals surface area contributed by atoms with Crippen molar-refractivity contribution in [3.8, 4) is 11.3 Å². The summed E-state index contributed by atoms with van der Waals surface area (Å²) in [5.74, 6) is 0. The minimum atomic E-state index is 1.08. The molecule has 2 heterocycles. The number of nitrogens with zero attached hydrogens (tertiary/aromatic N) is 1. The van der Waals surface area contributed by atoms with Crippen LogP contribution in [-0.2, 0) is 19.4 Å². The molecule has 2 aromatic carbocycles. The van der Waals surface area contributed by atoms with Crippen LogP contribution in [0.4, 0.5) is 0 Å². The Labute approximate surface area is 132 Å². The molecule has 4 rings (SSSR count). The van der Waals surface area contributed by atoms with E-state index >= 15 is 0 Å². The fourth-order valence-electron chi connectivity index (χ4n) is 3.72. The van der Waals surface area contributed by atoms with Crippen LogP contribution in [0.25, 0.3) is 22.2 Å². The van der Waals surface area contributed by atoms with Crippen molar-refractivity contribution in [2.24, 2.45) is 0 Å². The van der Waals surface area contributed by atoms with Crippen molar-refractivity contribution in [1.82, 2.24) is 0 Å². The lowest BCUT2D eigenvalue weighted by Crippen LogP contribution is -2.41. The molecule has 1 aliphatic rings. The minimum Gasteiger partial charge on any atom is -0.191 e.